The zero-order chi connectivity index (χ0) is 25.5. The van der Waals surface area contributed by atoms with Crippen molar-refractivity contribution in [2.24, 2.45) is 11.8 Å². The van der Waals surface area contributed by atoms with Gasteiger partial charge >= 0.3 is 0 Å². The first kappa shape index (κ1) is 24.0. The Labute approximate surface area is 219 Å². The first-order valence-corrected chi connectivity index (χ1v) is 13.8. The van der Waals surface area contributed by atoms with E-state index in [1.807, 2.05) is 15.6 Å². The zero-order valence-electron chi connectivity index (χ0n) is 21.9. The van der Waals surface area contributed by atoms with Gasteiger partial charge in [0.25, 0.3) is 0 Å². The van der Waals surface area contributed by atoms with Gasteiger partial charge in [-0.05, 0) is 68.8 Å². The van der Waals surface area contributed by atoms with Gasteiger partial charge in [0.15, 0.2) is 0 Å². The highest BCUT2D eigenvalue weighted by atomic mass is 16.2. The van der Waals surface area contributed by atoms with Gasteiger partial charge in [0.1, 0.15) is 0 Å². The molecule has 1 aromatic carbocycles. The van der Waals surface area contributed by atoms with Crippen molar-refractivity contribution in [1.82, 2.24) is 19.4 Å². The summed E-state index contributed by atoms with van der Waals surface area (Å²) >= 11 is 0. The van der Waals surface area contributed by atoms with Crippen molar-refractivity contribution in [1.29, 1.82) is 5.26 Å². The van der Waals surface area contributed by atoms with Gasteiger partial charge < -0.3 is 14.7 Å². The number of aromatic nitrogens is 2. The van der Waals surface area contributed by atoms with Crippen molar-refractivity contribution >= 4 is 17.1 Å². The highest BCUT2D eigenvalue weighted by Crippen LogP contribution is 2.35. The van der Waals surface area contributed by atoms with Crippen molar-refractivity contribution in [3.05, 3.63) is 54.4 Å². The number of nitrogens with zero attached hydrogens (tertiary/aromatic N) is 6. The Hall–Kier alpha value is -3.37. The molecule has 1 atom stereocenters. The van der Waals surface area contributed by atoms with E-state index >= 15 is 0 Å². The molecule has 0 N–H and O–H groups in total. The lowest BCUT2D eigenvalue weighted by Crippen LogP contribution is -2.52. The zero-order valence-corrected chi connectivity index (χ0v) is 21.9. The van der Waals surface area contributed by atoms with E-state index in [0.29, 0.717) is 12.0 Å². The van der Waals surface area contributed by atoms with Crippen molar-refractivity contribution in [2.45, 2.75) is 45.1 Å². The number of benzene rings is 1. The fourth-order valence-corrected chi connectivity index (χ4v) is 6.25. The minimum Gasteiger partial charge on any atom is -0.366 e. The number of likely N-dealkylation sites (tertiary alicyclic amines) is 1. The Morgan fingerprint density at radius 2 is 1.78 bits per heavy atom. The summed E-state index contributed by atoms with van der Waals surface area (Å²) in [7, 11) is 0. The summed E-state index contributed by atoms with van der Waals surface area (Å²) in [6, 6.07) is 16.3. The molecule has 2 aromatic heterocycles. The first-order chi connectivity index (χ1) is 18.0. The van der Waals surface area contributed by atoms with Gasteiger partial charge in [-0.2, -0.15) is 10.4 Å². The van der Waals surface area contributed by atoms with Crippen molar-refractivity contribution < 1.29 is 4.79 Å². The summed E-state index contributed by atoms with van der Waals surface area (Å²) in [6.07, 6.45) is 6.67. The SMILES string of the molecule is CC(C)N1CC[C@H](c2ccc(-c3cc4c(N5CCN(C(=O)C6CC(C#N)C6)CC5)ccnn4c3)cc2)C1. The van der Waals surface area contributed by atoms with Crippen LogP contribution in [0.25, 0.3) is 16.6 Å². The van der Waals surface area contributed by atoms with Crippen LogP contribution in [0.15, 0.2) is 48.8 Å². The third-order valence-electron chi connectivity index (χ3n) is 8.75. The monoisotopic (exact) mass is 496 g/mol. The molecule has 1 aliphatic carbocycles. The fraction of sp³-hybridized carbons (Fsp3) is 0.500. The second kappa shape index (κ2) is 9.83. The van der Waals surface area contributed by atoms with Gasteiger partial charge in [0.2, 0.25) is 5.91 Å². The van der Waals surface area contributed by atoms with Crippen molar-refractivity contribution in [2.75, 3.05) is 44.2 Å². The molecule has 7 heteroatoms. The van der Waals surface area contributed by atoms with Crippen LogP contribution in [0.2, 0.25) is 0 Å². The maximum atomic E-state index is 12.8. The Morgan fingerprint density at radius 1 is 1.03 bits per heavy atom. The highest BCUT2D eigenvalue weighted by molar-refractivity contribution is 5.82. The van der Waals surface area contributed by atoms with E-state index in [9.17, 15) is 4.79 Å². The maximum absolute atomic E-state index is 12.8. The van der Waals surface area contributed by atoms with Crippen LogP contribution < -0.4 is 4.90 Å². The number of anilines is 1. The van der Waals surface area contributed by atoms with Gasteiger partial charge in [-0.1, -0.05) is 24.3 Å². The van der Waals surface area contributed by atoms with Crippen LogP contribution in [0.3, 0.4) is 0 Å². The predicted molar refractivity (Wildman–Crippen MR) is 145 cm³/mol. The molecule has 4 heterocycles. The largest absolute Gasteiger partial charge is 0.366 e. The molecule has 0 radical (unpaired) electrons. The van der Waals surface area contributed by atoms with Crippen LogP contribution in [-0.4, -0.2) is 70.6 Å². The molecule has 7 nitrogen and oxygen atoms in total. The third kappa shape index (κ3) is 4.59. The summed E-state index contributed by atoms with van der Waals surface area (Å²) in [5, 5.41) is 13.6. The van der Waals surface area contributed by atoms with Gasteiger partial charge in [-0.3, -0.25) is 4.79 Å². The molecular formula is C30H36N6O. The molecule has 0 unspecified atom stereocenters. The molecule has 1 amide bonds. The second-order valence-corrected chi connectivity index (χ2v) is 11.3. The number of amides is 1. The van der Waals surface area contributed by atoms with Crippen LogP contribution in [0.4, 0.5) is 5.69 Å². The van der Waals surface area contributed by atoms with Gasteiger partial charge in [-0.15, -0.1) is 0 Å². The molecule has 0 spiro atoms. The summed E-state index contributed by atoms with van der Waals surface area (Å²) in [6.45, 7) is 9.98. The Bertz CT molecular complexity index is 1310. The number of piperazine rings is 1. The number of carbonyl (C=O) groups is 1. The van der Waals surface area contributed by atoms with E-state index in [2.05, 4.69) is 77.4 Å². The molecule has 0 bridgehead atoms. The normalized spacial score (nSPS) is 24.4. The summed E-state index contributed by atoms with van der Waals surface area (Å²) in [5.41, 5.74) is 6.09. The van der Waals surface area contributed by atoms with E-state index in [1.54, 1.807) is 0 Å². The molecule has 2 aliphatic heterocycles. The lowest BCUT2D eigenvalue weighted by molar-refractivity contribution is -0.139. The number of rotatable bonds is 5. The van der Waals surface area contributed by atoms with Crippen molar-refractivity contribution in [3.8, 4) is 17.2 Å². The molecule has 37 heavy (non-hydrogen) atoms. The molecule has 192 valence electrons. The third-order valence-corrected chi connectivity index (χ3v) is 8.75. The fourth-order valence-electron chi connectivity index (χ4n) is 6.25. The van der Waals surface area contributed by atoms with Gasteiger partial charge in [0.05, 0.1) is 17.3 Å². The van der Waals surface area contributed by atoms with Crippen LogP contribution in [0, 0.1) is 23.2 Å². The quantitative estimate of drug-likeness (QED) is 0.524. The number of hydrogen-bond donors (Lipinski definition) is 0. The molecule has 1 saturated carbocycles. The minimum absolute atomic E-state index is 0.0474. The molecule has 6 rings (SSSR count). The van der Waals surface area contributed by atoms with E-state index in [-0.39, 0.29) is 17.7 Å². The second-order valence-electron chi connectivity index (χ2n) is 11.3. The topological polar surface area (TPSA) is 67.9 Å². The predicted octanol–water partition coefficient (Wildman–Crippen LogP) is 4.40. The molecular weight excluding hydrogens is 460 g/mol. The molecule has 3 fully saturated rings. The van der Waals surface area contributed by atoms with Crippen LogP contribution in [0.1, 0.15) is 44.6 Å². The highest BCUT2D eigenvalue weighted by Gasteiger charge is 2.37. The van der Waals surface area contributed by atoms with E-state index in [0.717, 1.165) is 56.8 Å². The van der Waals surface area contributed by atoms with Crippen LogP contribution >= 0.6 is 0 Å². The molecule has 3 aliphatic rings. The summed E-state index contributed by atoms with van der Waals surface area (Å²) in [5.74, 6) is 0.971. The maximum Gasteiger partial charge on any atom is 0.225 e. The minimum atomic E-state index is 0.0474. The Kier molecular flexibility index (Phi) is 6.37. The van der Waals surface area contributed by atoms with Gasteiger partial charge in [0, 0.05) is 68.6 Å². The van der Waals surface area contributed by atoms with E-state index in [4.69, 9.17) is 5.26 Å². The standard InChI is InChI=1S/C30H36N6O/c1-21(2)35-10-8-25(19-35)23-3-5-24(6-4-23)27-17-29-28(7-9-32-36(29)20-27)33-11-13-34(14-12-33)30(37)26-15-22(16-26)18-31/h3-7,9,17,20-22,25-26H,8,10-16,19H2,1-2H3/t22?,25-,26?/m0/s1. The Balaban J connectivity index is 1.14. The number of nitriles is 1. The number of fused-ring (bicyclic) bond motifs is 1. The number of carbonyl (C=O) groups excluding carboxylic acids is 1. The molecule has 2 saturated heterocycles. The lowest BCUT2D eigenvalue weighted by Gasteiger charge is -2.40. The van der Waals surface area contributed by atoms with Crippen LogP contribution in [0.5, 0.6) is 0 Å². The average Bonchev–Trinajstić information content (AvgIpc) is 3.56. The van der Waals surface area contributed by atoms with Gasteiger partial charge in [-0.25, -0.2) is 4.52 Å². The summed E-state index contributed by atoms with van der Waals surface area (Å²) in [4.78, 5) is 19.7. The Morgan fingerprint density at radius 3 is 2.46 bits per heavy atom. The average molecular weight is 497 g/mol. The smallest absolute Gasteiger partial charge is 0.225 e. The van der Waals surface area contributed by atoms with Crippen molar-refractivity contribution in [3.63, 3.8) is 0 Å². The van der Waals surface area contributed by atoms with E-state index < -0.39 is 0 Å². The summed E-state index contributed by atoms with van der Waals surface area (Å²) < 4.78 is 1.98. The van der Waals surface area contributed by atoms with E-state index in [1.165, 1.54) is 29.7 Å². The lowest BCUT2D eigenvalue weighted by atomic mass is 9.75. The molecule has 3 aromatic rings. The van der Waals surface area contributed by atoms with Crippen LogP contribution in [-0.2, 0) is 4.79 Å². The first-order valence-electron chi connectivity index (χ1n) is 13.8. The number of hydrogen-bond acceptors (Lipinski definition) is 5.